The van der Waals surface area contributed by atoms with Crippen LogP contribution in [0.15, 0.2) is 83.8 Å². The molecule has 3 fully saturated rings. The van der Waals surface area contributed by atoms with E-state index in [-0.39, 0.29) is 24.8 Å². The third kappa shape index (κ3) is 6.00. The summed E-state index contributed by atoms with van der Waals surface area (Å²) in [6, 6.07) is 29.6. The van der Waals surface area contributed by atoms with Crippen molar-refractivity contribution >= 4 is 36.6 Å². The van der Waals surface area contributed by atoms with Gasteiger partial charge in [0.15, 0.2) is 0 Å². The monoisotopic (exact) mass is 530 g/mol. The van der Waals surface area contributed by atoms with Crippen LogP contribution in [0.1, 0.15) is 35.4 Å². The van der Waals surface area contributed by atoms with E-state index in [1.54, 1.807) is 18.9 Å². The van der Waals surface area contributed by atoms with E-state index in [1.165, 1.54) is 47.5 Å². The van der Waals surface area contributed by atoms with Gasteiger partial charge in [-0.2, -0.15) is 0 Å². The normalized spacial score (nSPS) is 22.8. The molecular weight excluding hydrogens is 495 g/mol. The molecule has 3 aliphatic rings. The van der Waals surface area contributed by atoms with Crippen LogP contribution in [0, 0.1) is 5.92 Å². The Labute approximate surface area is 226 Å². The Hall–Kier alpha value is -1.69. The molecular formula is C29H36Cl2N2OS. The summed E-state index contributed by atoms with van der Waals surface area (Å²) < 4.78 is 5.70. The van der Waals surface area contributed by atoms with Crippen LogP contribution in [-0.2, 0) is 6.54 Å². The predicted molar refractivity (Wildman–Crippen MR) is 153 cm³/mol. The van der Waals surface area contributed by atoms with E-state index in [1.807, 2.05) is 0 Å². The SMILES string of the molecule is COc1ccc(SC)cc1CN[C@H]1C2CCN(CC2)[C@H]1C(c1ccccc1)c1ccccc1.Cl.Cl. The molecule has 2 atom stereocenters. The molecule has 35 heavy (non-hydrogen) atoms. The molecule has 0 radical (unpaired) electrons. The third-order valence-electron chi connectivity index (χ3n) is 7.55. The fourth-order valence-electron chi connectivity index (χ4n) is 5.94. The van der Waals surface area contributed by atoms with E-state index in [2.05, 4.69) is 95.3 Å². The van der Waals surface area contributed by atoms with Gasteiger partial charge in [0.25, 0.3) is 0 Å². The zero-order chi connectivity index (χ0) is 22.6. The first-order valence-electron chi connectivity index (χ1n) is 12.1. The molecule has 188 valence electrons. The third-order valence-corrected chi connectivity index (χ3v) is 8.27. The van der Waals surface area contributed by atoms with Crippen molar-refractivity contribution < 1.29 is 4.74 Å². The molecule has 0 unspecified atom stereocenters. The van der Waals surface area contributed by atoms with Crippen molar-refractivity contribution in [3.63, 3.8) is 0 Å². The Bertz CT molecular complexity index is 1010. The summed E-state index contributed by atoms with van der Waals surface area (Å²) in [5.74, 6) is 2.04. The molecule has 3 nitrogen and oxygen atoms in total. The second kappa shape index (κ2) is 13.0. The topological polar surface area (TPSA) is 24.5 Å². The first-order chi connectivity index (χ1) is 16.3. The molecule has 3 aromatic rings. The van der Waals surface area contributed by atoms with Crippen LogP contribution in [0.5, 0.6) is 5.75 Å². The summed E-state index contributed by atoms with van der Waals surface area (Å²) in [6.45, 7) is 3.24. The summed E-state index contributed by atoms with van der Waals surface area (Å²) >= 11 is 1.78. The average Bonchev–Trinajstić information content (AvgIpc) is 2.90. The summed E-state index contributed by atoms with van der Waals surface area (Å²) in [7, 11) is 1.77. The molecule has 0 saturated carbocycles. The van der Waals surface area contributed by atoms with Crippen LogP contribution in [0.4, 0.5) is 0 Å². The number of benzene rings is 3. The van der Waals surface area contributed by atoms with E-state index in [9.17, 15) is 0 Å². The molecule has 3 heterocycles. The van der Waals surface area contributed by atoms with Gasteiger partial charge in [0, 0.05) is 35.0 Å². The van der Waals surface area contributed by atoms with Gasteiger partial charge in [-0.3, -0.25) is 4.90 Å². The van der Waals surface area contributed by atoms with Gasteiger partial charge in [0.2, 0.25) is 0 Å². The van der Waals surface area contributed by atoms with Gasteiger partial charge in [0.05, 0.1) is 7.11 Å². The van der Waals surface area contributed by atoms with E-state index < -0.39 is 0 Å². The van der Waals surface area contributed by atoms with Gasteiger partial charge < -0.3 is 10.1 Å². The molecule has 6 heteroatoms. The van der Waals surface area contributed by atoms with Crippen molar-refractivity contribution in [2.45, 2.75) is 42.3 Å². The van der Waals surface area contributed by atoms with E-state index in [0.29, 0.717) is 23.9 Å². The lowest BCUT2D eigenvalue weighted by atomic mass is 9.70. The number of methoxy groups -OCH3 is 1. The van der Waals surface area contributed by atoms with E-state index >= 15 is 0 Å². The molecule has 0 aromatic heterocycles. The van der Waals surface area contributed by atoms with Gasteiger partial charge >= 0.3 is 0 Å². The van der Waals surface area contributed by atoms with Gasteiger partial charge in [-0.15, -0.1) is 36.6 Å². The number of halogens is 2. The highest BCUT2D eigenvalue weighted by Crippen LogP contribution is 2.42. The molecule has 0 aliphatic carbocycles. The second-order valence-corrected chi connectivity index (χ2v) is 10.1. The fraction of sp³-hybridized carbons (Fsp3) is 0.379. The maximum atomic E-state index is 5.70. The lowest BCUT2D eigenvalue weighted by molar-refractivity contribution is 0.00461. The van der Waals surface area contributed by atoms with E-state index in [0.717, 1.165) is 12.3 Å². The van der Waals surface area contributed by atoms with Crippen LogP contribution in [0.2, 0.25) is 0 Å². The highest BCUT2D eigenvalue weighted by atomic mass is 35.5. The molecule has 3 saturated heterocycles. The van der Waals surface area contributed by atoms with Crippen LogP contribution < -0.4 is 10.1 Å². The largest absolute Gasteiger partial charge is 0.496 e. The summed E-state index contributed by atoms with van der Waals surface area (Å²) in [4.78, 5) is 4.03. The number of rotatable bonds is 8. The van der Waals surface area contributed by atoms with E-state index in [4.69, 9.17) is 4.74 Å². The number of nitrogens with one attached hydrogen (secondary N) is 1. The lowest BCUT2D eigenvalue weighted by Gasteiger charge is -2.54. The summed E-state index contributed by atoms with van der Waals surface area (Å²) in [5, 5.41) is 4.03. The van der Waals surface area contributed by atoms with Crippen molar-refractivity contribution in [3.05, 3.63) is 95.6 Å². The Balaban J connectivity index is 0.00000171. The zero-order valence-electron chi connectivity index (χ0n) is 20.4. The minimum Gasteiger partial charge on any atom is -0.496 e. The van der Waals surface area contributed by atoms with Gasteiger partial charge in [-0.05, 0) is 67.4 Å². The molecule has 2 bridgehead atoms. The molecule has 6 rings (SSSR count). The predicted octanol–water partition coefficient (Wildman–Crippen LogP) is 6.65. The van der Waals surface area contributed by atoms with Crippen molar-refractivity contribution in [3.8, 4) is 5.75 Å². The van der Waals surface area contributed by atoms with Crippen molar-refractivity contribution in [2.24, 2.45) is 5.92 Å². The number of ether oxygens (including phenoxy) is 1. The molecule has 3 aromatic carbocycles. The minimum atomic E-state index is 0. The van der Waals surface area contributed by atoms with Crippen molar-refractivity contribution in [2.75, 3.05) is 26.5 Å². The fourth-order valence-corrected chi connectivity index (χ4v) is 6.41. The number of piperidine rings is 3. The number of fused-ring (bicyclic) bond motifs is 3. The van der Waals surface area contributed by atoms with Gasteiger partial charge in [-0.25, -0.2) is 0 Å². The standard InChI is InChI=1S/C29H34N2OS.2ClH/c1-32-26-14-13-25(33-2)19-24(26)20-30-28-23-15-17-31(18-16-23)29(28)27(21-9-5-3-6-10-21)22-11-7-4-8-12-22;;/h3-14,19,23,27-30H,15-18,20H2,1-2H3;2*1H/t28-,29-;;/m0../s1. The average molecular weight is 532 g/mol. The first-order valence-corrected chi connectivity index (χ1v) is 13.3. The summed E-state index contributed by atoms with van der Waals surface area (Å²) in [6.07, 6.45) is 4.70. The maximum Gasteiger partial charge on any atom is 0.123 e. The van der Waals surface area contributed by atoms with Crippen molar-refractivity contribution in [1.29, 1.82) is 0 Å². The number of thioether (sulfide) groups is 1. The maximum absolute atomic E-state index is 5.70. The lowest BCUT2D eigenvalue weighted by Crippen LogP contribution is -2.64. The summed E-state index contributed by atoms with van der Waals surface area (Å²) in [5.41, 5.74) is 4.07. The van der Waals surface area contributed by atoms with Gasteiger partial charge in [-0.1, -0.05) is 60.7 Å². The number of nitrogens with zero attached hydrogens (tertiary/aromatic N) is 1. The van der Waals surface area contributed by atoms with Crippen LogP contribution in [0.25, 0.3) is 0 Å². The molecule has 0 spiro atoms. The highest BCUT2D eigenvalue weighted by molar-refractivity contribution is 7.98. The number of hydrogen-bond donors (Lipinski definition) is 1. The van der Waals surface area contributed by atoms with Crippen molar-refractivity contribution in [1.82, 2.24) is 10.2 Å². The smallest absolute Gasteiger partial charge is 0.123 e. The Morgan fingerprint density at radius 1 is 0.914 bits per heavy atom. The quantitative estimate of drug-likeness (QED) is 0.329. The second-order valence-electron chi connectivity index (χ2n) is 9.25. The Kier molecular flexibility index (Phi) is 10.4. The molecule has 0 amide bonds. The molecule has 1 N–H and O–H groups in total. The Morgan fingerprint density at radius 3 is 2.06 bits per heavy atom. The number of hydrogen-bond acceptors (Lipinski definition) is 4. The van der Waals surface area contributed by atoms with Crippen LogP contribution in [-0.4, -0.2) is 43.4 Å². The first kappa shape index (κ1) is 27.9. The van der Waals surface area contributed by atoms with Gasteiger partial charge in [0.1, 0.15) is 5.75 Å². The molecule has 3 aliphatic heterocycles. The highest BCUT2D eigenvalue weighted by Gasteiger charge is 2.46. The Morgan fingerprint density at radius 2 is 1.51 bits per heavy atom. The van der Waals surface area contributed by atoms with Crippen LogP contribution in [0.3, 0.4) is 0 Å². The zero-order valence-corrected chi connectivity index (χ0v) is 22.9. The van der Waals surface area contributed by atoms with Crippen LogP contribution >= 0.6 is 36.6 Å². The minimum absolute atomic E-state index is 0.